The summed E-state index contributed by atoms with van der Waals surface area (Å²) in [6.45, 7) is 2.00. The first-order chi connectivity index (χ1) is 12.8. The number of anilines is 1. The fourth-order valence-electron chi connectivity index (χ4n) is 4.47. The molecule has 0 amide bonds. The van der Waals surface area contributed by atoms with Crippen LogP contribution in [0.3, 0.4) is 0 Å². The molecule has 3 heterocycles. The average Bonchev–Trinajstić information content (AvgIpc) is 3.12. The molecular weight excluding hydrogens is 356 g/mol. The summed E-state index contributed by atoms with van der Waals surface area (Å²) in [5.41, 5.74) is 13.9. The Labute approximate surface area is 166 Å². The fraction of sp³-hybridized carbons (Fsp3) is 0.364. The lowest BCUT2D eigenvalue weighted by Gasteiger charge is -2.28. The molecule has 1 aliphatic heterocycles. The maximum atomic E-state index is 6.24. The van der Waals surface area contributed by atoms with Gasteiger partial charge in [0.2, 0.25) is 0 Å². The number of hydrogen-bond acceptors (Lipinski definition) is 4. The Balaban J connectivity index is 0.00000180. The van der Waals surface area contributed by atoms with Crippen molar-refractivity contribution in [3.05, 3.63) is 54.0 Å². The van der Waals surface area contributed by atoms with E-state index in [9.17, 15) is 0 Å². The van der Waals surface area contributed by atoms with Crippen molar-refractivity contribution >= 4 is 29.0 Å². The summed E-state index contributed by atoms with van der Waals surface area (Å²) in [7, 11) is 0. The molecule has 5 heteroatoms. The third-order valence-electron chi connectivity index (χ3n) is 5.79. The predicted molar refractivity (Wildman–Crippen MR) is 114 cm³/mol. The van der Waals surface area contributed by atoms with E-state index < -0.39 is 0 Å². The van der Waals surface area contributed by atoms with E-state index >= 15 is 0 Å². The van der Waals surface area contributed by atoms with Crippen LogP contribution in [-0.4, -0.2) is 29.1 Å². The van der Waals surface area contributed by atoms with Gasteiger partial charge in [0.05, 0.1) is 11.2 Å². The highest BCUT2D eigenvalue weighted by molar-refractivity contribution is 5.97. The van der Waals surface area contributed by atoms with Gasteiger partial charge in [0.15, 0.2) is 0 Å². The maximum Gasteiger partial charge on any atom is 0.0726 e. The molecule has 0 unspecified atom stereocenters. The van der Waals surface area contributed by atoms with E-state index in [1.165, 1.54) is 46.3 Å². The monoisotopic (exact) mass is 380 g/mol. The number of aryl methyl sites for hydroxylation is 1. The summed E-state index contributed by atoms with van der Waals surface area (Å²) >= 11 is 0. The molecule has 2 N–H and O–H groups in total. The quantitative estimate of drug-likeness (QED) is 0.726. The number of nitrogens with two attached hydrogens (primary N) is 1. The van der Waals surface area contributed by atoms with Crippen molar-refractivity contribution in [3.8, 4) is 11.1 Å². The lowest BCUT2D eigenvalue weighted by Crippen LogP contribution is -2.28. The Hall–Kier alpha value is -2.17. The number of hydrogen-bond donors (Lipinski definition) is 1. The van der Waals surface area contributed by atoms with E-state index in [1.54, 1.807) is 0 Å². The molecule has 2 aliphatic rings. The van der Waals surface area contributed by atoms with Gasteiger partial charge in [0.1, 0.15) is 0 Å². The van der Waals surface area contributed by atoms with E-state index in [0.717, 1.165) is 37.9 Å². The summed E-state index contributed by atoms with van der Waals surface area (Å²) in [4.78, 5) is 11.7. The van der Waals surface area contributed by atoms with Gasteiger partial charge >= 0.3 is 0 Å². The summed E-state index contributed by atoms with van der Waals surface area (Å²) < 4.78 is 0. The number of fused-ring (bicyclic) bond motifs is 2. The van der Waals surface area contributed by atoms with Crippen molar-refractivity contribution in [3.63, 3.8) is 0 Å². The molecule has 0 radical (unpaired) electrons. The molecule has 1 aliphatic carbocycles. The van der Waals surface area contributed by atoms with Crippen LogP contribution < -0.4 is 10.6 Å². The van der Waals surface area contributed by atoms with E-state index in [2.05, 4.69) is 40.2 Å². The van der Waals surface area contributed by atoms with Crippen LogP contribution >= 0.6 is 12.4 Å². The van der Waals surface area contributed by atoms with Crippen LogP contribution in [0.2, 0.25) is 0 Å². The molecule has 5 rings (SSSR count). The first-order valence-electron chi connectivity index (χ1n) is 9.66. The normalized spacial score (nSPS) is 19.0. The lowest BCUT2D eigenvalue weighted by molar-refractivity contribution is 0.668. The Bertz CT molecular complexity index is 957. The van der Waals surface area contributed by atoms with Crippen LogP contribution in [-0.2, 0) is 12.8 Å². The van der Waals surface area contributed by atoms with Crippen LogP contribution in [0.1, 0.15) is 30.5 Å². The number of pyridine rings is 2. The molecule has 3 aromatic rings. The number of halogens is 1. The predicted octanol–water partition coefficient (Wildman–Crippen LogP) is 4.13. The van der Waals surface area contributed by atoms with Crippen molar-refractivity contribution in [2.24, 2.45) is 5.73 Å². The zero-order valence-corrected chi connectivity index (χ0v) is 16.2. The molecule has 0 saturated carbocycles. The van der Waals surface area contributed by atoms with Gasteiger partial charge in [0, 0.05) is 42.6 Å². The Kier molecular flexibility index (Phi) is 5.02. The van der Waals surface area contributed by atoms with Crippen LogP contribution in [0.4, 0.5) is 5.69 Å². The fourth-order valence-corrected chi connectivity index (χ4v) is 4.47. The van der Waals surface area contributed by atoms with Crippen molar-refractivity contribution in [1.82, 2.24) is 9.97 Å². The Morgan fingerprint density at radius 1 is 1.00 bits per heavy atom. The Morgan fingerprint density at radius 2 is 1.81 bits per heavy atom. The third-order valence-corrected chi connectivity index (χ3v) is 5.79. The van der Waals surface area contributed by atoms with Gasteiger partial charge in [-0.3, -0.25) is 9.97 Å². The van der Waals surface area contributed by atoms with Gasteiger partial charge in [-0.25, -0.2) is 0 Å². The maximum absolute atomic E-state index is 6.24. The average molecular weight is 381 g/mol. The van der Waals surface area contributed by atoms with Gasteiger partial charge in [-0.15, -0.1) is 12.4 Å². The van der Waals surface area contributed by atoms with Crippen LogP contribution in [0.5, 0.6) is 0 Å². The number of aromatic nitrogens is 2. The van der Waals surface area contributed by atoms with E-state index in [1.807, 2.05) is 12.4 Å². The SMILES string of the molecule is Cl.N[C@@H]1CCN(c2c3c(nc4ccc(-c5ccncc5)cc24)CCCC3)C1. The van der Waals surface area contributed by atoms with Gasteiger partial charge < -0.3 is 10.6 Å². The Morgan fingerprint density at radius 3 is 2.59 bits per heavy atom. The van der Waals surface area contributed by atoms with Crippen LogP contribution in [0.25, 0.3) is 22.0 Å². The van der Waals surface area contributed by atoms with Crippen molar-refractivity contribution in [2.75, 3.05) is 18.0 Å². The smallest absolute Gasteiger partial charge is 0.0726 e. The minimum atomic E-state index is 0. The molecule has 140 valence electrons. The topological polar surface area (TPSA) is 55.0 Å². The van der Waals surface area contributed by atoms with E-state index in [-0.39, 0.29) is 18.4 Å². The van der Waals surface area contributed by atoms with Gasteiger partial charge in [-0.2, -0.15) is 0 Å². The summed E-state index contributed by atoms with van der Waals surface area (Å²) in [5, 5.41) is 1.27. The molecular formula is C22H25ClN4. The zero-order chi connectivity index (χ0) is 17.5. The minimum Gasteiger partial charge on any atom is -0.369 e. The molecule has 27 heavy (non-hydrogen) atoms. The van der Waals surface area contributed by atoms with Gasteiger partial charge in [0.25, 0.3) is 0 Å². The molecule has 0 bridgehead atoms. The van der Waals surface area contributed by atoms with Gasteiger partial charge in [-0.1, -0.05) is 6.07 Å². The summed E-state index contributed by atoms with van der Waals surface area (Å²) in [6.07, 6.45) is 9.53. The van der Waals surface area contributed by atoms with Crippen molar-refractivity contribution in [2.45, 2.75) is 38.1 Å². The largest absolute Gasteiger partial charge is 0.369 e. The van der Waals surface area contributed by atoms with Gasteiger partial charge in [-0.05, 0) is 73.1 Å². The second kappa shape index (κ2) is 7.45. The molecule has 4 nitrogen and oxygen atoms in total. The second-order valence-electron chi connectivity index (χ2n) is 7.56. The molecule has 1 aromatic carbocycles. The highest BCUT2D eigenvalue weighted by Crippen LogP contribution is 2.38. The standard InChI is InChI=1S/C22H24N4.ClH/c23-17-9-12-26(14-17)22-18-3-1-2-4-20(18)25-21-6-5-16(13-19(21)22)15-7-10-24-11-8-15;/h5-8,10-11,13,17H,1-4,9,12,14,23H2;1H/t17-;/m1./s1. The van der Waals surface area contributed by atoms with E-state index in [4.69, 9.17) is 10.7 Å². The van der Waals surface area contributed by atoms with Crippen LogP contribution in [0.15, 0.2) is 42.7 Å². The minimum absolute atomic E-state index is 0. The molecule has 1 atom stereocenters. The first-order valence-corrected chi connectivity index (χ1v) is 9.66. The number of rotatable bonds is 2. The third kappa shape index (κ3) is 3.28. The van der Waals surface area contributed by atoms with Crippen molar-refractivity contribution < 1.29 is 0 Å². The summed E-state index contributed by atoms with van der Waals surface area (Å²) in [6, 6.07) is 11.1. The second-order valence-corrected chi connectivity index (χ2v) is 7.56. The zero-order valence-electron chi connectivity index (χ0n) is 15.4. The van der Waals surface area contributed by atoms with Crippen molar-refractivity contribution in [1.29, 1.82) is 0 Å². The lowest BCUT2D eigenvalue weighted by atomic mass is 9.91. The van der Waals surface area contributed by atoms with E-state index in [0.29, 0.717) is 0 Å². The highest BCUT2D eigenvalue weighted by atomic mass is 35.5. The first kappa shape index (κ1) is 18.2. The van der Waals surface area contributed by atoms with Crippen LogP contribution in [0, 0.1) is 0 Å². The summed E-state index contributed by atoms with van der Waals surface area (Å²) in [5.74, 6) is 0. The molecule has 1 fully saturated rings. The number of benzene rings is 1. The number of nitrogens with zero attached hydrogens (tertiary/aromatic N) is 3. The molecule has 1 saturated heterocycles. The molecule has 0 spiro atoms. The molecule has 2 aromatic heterocycles. The highest BCUT2D eigenvalue weighted by Gasteiger charge is 2.26.